The van der Waals surface area contributed by atoms with Crippen LogP contribution in [0.4, 0.5) is 0 Å². The van der Waals surface area contributed by atoms with Crippen LogP contribution in [0.25, 0.3) is 0 Å². The maximum Gasteiger partial charge on any atom is 0.0648 e. The van der Waals surface area contributed by atoms with Gasteiger partial charge in [0, 0.05) is 29.6 Å². The number of ether oxygens (including phenoxy) is 1. The second-order valence-electron chi connectivity index (χ2n) is 14.0. The zero-order valence-electron chi connectivity index (χ0n) is 29.7. The molecule has 244 valence electrons. The van der Waals surface area contributed by atoms with E-state index in [-0.39, 0.29) is 6.10 Å². The smallest absolute Gasteiger partial charge is 0.0648 e. The van der Waals surface area contributed by atoms with Crippen LogP contribution in [0, 0.1) is 35.5 Å². The predicted octanol–water partition coefficient (Wildman–Crippen LogP) is 10.8. The summed E-state index contributed by atoms with van der Waals surface area (Å²) in [7, 11) is 0. The molecule has 3 rings (SSSR count). The van der Waals surface area contributed by atoms with E-state index in [0.717, 1.165) is 57.2 Å². The standard InChI is InChI=1S/C41H64N2O/c1-12-16-19-35-31(9)37-24-34(26-43(39(15-4)33(11)42)28(6)23-27(5)18-14-3)21-22-36(37)38(32(35)10)25-41-30(8)29(7)40(44-41)20-17-13-2/h13-14,16,19,22-24,27,29-31,34-35,40-41H,2-3,12,15,17-18,20-21,25-26,42H2,1,4-11H3/b19-16-,28-23+,39-33-/t27?,29-,30+,31?,34-,35?,40?,41?/m1/s1. The molecule has 0 amide bonds. The van der Waals surface area contributed by atoms with Gasteiger partial charge in [-0.05, 0) is 112 Å². The minimum atomic E-state index is 0.263. The Morgan fingerprint density at radius 3 is 2.43 bits per heavy atom. The van der Waals surface area contributed by atoms with Crippen molar-refractivity contribution in [3.05, 3.63) is 95.1 Å². The molecule has 0 saturated carbocycles. The van der Waals surface area contributed by atoms with E-state index in [9.17, 15) is 0 Å². The molecule has 0 aromatic heterocycles. The van der Waals surface area contributed by atoms with Crippen LogP contribution in [0.2, 0.25) is 0 Å². The molecule has 5 unspecified atom stereocenters. The second kappa shape index (κ2) is 16.7. The molecule has 3 heteroatoms. The molecule has 0 radical (unpaired) electrons. The van der Waals surface area contributed by atoms with Gasteiger partial charge in [-0.1, -0.05) is 89.6 Å². The summed E-state index contributed by atoms with van der Waals surface area (Å²) in [5.74, 6) is 2.86. The first kappa shape index (κ1) is 36.0. The van der Waals surface area contributed by atoms with Crippen LogP contribution >= 0.6 is 0 Å². The first-order chi connectivity index (χ1) is 21.0. The summed E-state index contributed by atoms with van der Waals surface area (Å²) in [6, 6.07) is 0. The molecule has 1 saturated heterocycles. The highest BCUT2D eigenvalue weighted by Gasteiger charge is 2.41. The monoisotopic (exact) mass is 601 g/mol. The molecule has 0 bridgehead atoms. The van der Waals surface area contributed by atoms with Crippen LogP contribution in [-0.4, -0.2) is 23.7 Å². The molecule has 1 aliphatic heterocycles. The summed E-state index contributed by atoms with van der Waals surface area (Å²) in [4.78, 5) is 2.50. The highest BCUT2D eigenvalue weighted by atomic mass is 16.5. The van der Waals surface area contributed by atoms with Crippen molar-refractivity contribution in [3.63, 3.8) is 0 Å². The topological polar surface area (TPSA) is 38.5 Å². The van der Waals surface area contributed by atoms with Gasteiger partial charge in [-0.3, -0.25) is 0 Å². The molecule has 0 aromatic rings. The van der Waals surface area contributed by atoms with E-state index in [1.807, 2.05) is 19.1 Å². The summed E-state index contributed by atoms with van der Waals surface area (Å²) in [5.41, 5.74) is 16.0. The number of allylic oxidation sites excluding steroid dienone is 12. The van der Waals surface area contributed by atoms with Crippen LogP contribution in [0.15, 0.2) is 95.1 Å². The Kier molecular flexibility index (Phi) is 13.6. The number of rotatable bonds is 15. The van der Waals surface area contributed by atoms with Crippen molar-refractivity contribution in [1.29, 1.82) is 0 Å². The average Bonchev–Trinajstić information content (AvgIpc) is 3.25. The maximum absolute atomic E-state index is 6.79. The van der Waals surface area contributed by atoms with Gasteiger partial charge in [-0.2, -0.15) is 0 Å². The van der Waals surface area contributed by atoms with Crippen LogP contribution in [0.1, 0.15) is 107 Å². The van der Waals surface area contributed by atoms with Gasteiger partial charge in [0.2, 0.25) is 0 Å². The van der Waals surface area contributed by atoms with E-state index >= 15 is 0 Å². The van der Waals surface area contributed by atoms with Crippen LogP contribution in [0.5, 0.6) is 0 Å². The number of hydrogen-bond donors (Lipinski definition) is 1. The number of nitrogens with two attached hydrogens (primary N) is 1. The van der Waals surface area contributed by atoms with Gasteiger partial charge in [-0.25, -0.2) is 0 Å². The summed E-state index contributed by atoms with van der Waals surface area (Å²) >= 11 is 0. The van der Waals surface area contributed by atoms with Crippen molar-refractivity contribution >= 4 is 0 Å². The quantitative estimate of drug-likeness (QED) is 0.190. The van der Waals surface area contributed by atoms with Crippen LogP contribution in [0.3, 0.4) is 0 Å². The van der Waals surface area contributed by atoms with Crippen molar-refractivity contribution in [2.45, 2.75) is 119 Å². The van der Waals surface area contributed by atoms with Crippen molar-refractivity contribution < 1.29 is 4.74 Å². The fraction of sp³-hybridized carbons (Fsp3) is 0.610. The van der Waals surface area contributed by atoms with E-state index in [1.54, 1.807) is 0 Å². The lowest BCUT2D eigenvalue weighted by molar-refractivity contribution is 0.0273. The molecule has 3 nitrogen and oxygen atoms in total. The van der Waals surface area contributed by atoms with Gasteiger partial charge >= 0.3 is 0 Å². The summed E-state index contributed by atoms with van der Waals surface area (Å²) < 4.78 is 6.79. The number of hydrogen-bond acceptors (Lipinski definition) is 3. The molecule has 3 aliphatic rings. The first-order valence-electron chi connectivity index (χ1n) is 17.6. The fourth-order valence-corrected chi connectivity index (χ4v) is 7.88. The molecule has 0 aromatic carbocycles. The predicted molar refractivity (Wildman–Crippen MR) is 192 cm³/mol. The van der Waals surface area contributed by atoms with Crippen molar-refractivity contribution in [2.75, 3.05) is 6.54 Å². The zero-order valence-corrected chi connectivity index (χ0v) is 29.7. The van der Waals surface area contributed by atoms with E-state index in [0.29, 0.717) is 41.6 Å². The maximum atomic E-state index is 6.79. The third-order valence-electron chi connectivity index (χ3n) is 10.7. The average molecular weight is 601 g/mol. The molecule has 1 heterocycles. The first-order valence-corrected chi connectivity index (χ1v) is 17.6. The second-order valence-corrected chi connectivity index (χ2v) is 14.0. The largest absolute Gasteiger partial charge is 0.401 e. The minimum Gasteiger partial charge on any atom is -0.401 e. The molecule has 0 spiro atoms. The van der Waals surface area contributed by atoms with Gasteiger partial charge in [-0.15, -0.1) is 13.2 Å². The van der Waals surface area contributed by atoms with Gasteiger partial charge in [0.1, 0.15) is 0 Å². The third-order valence-corrected chi connectivity index (χ3v) is 10.7. The Hall–Kier alpha value is -2.52. The summed E-state index contributed by atoms with van der Waals surface area (Å²) in [6.07, 6.45) is 24.2. The molecular formula is C41H64N2O. The van der Waals surface area contributed by atoms with E-state index < -0.39 is 0 Å². The summed E-state index contributed by atoms with van der Waals surface area (Å²) in [5, 5.41) is 0. The third kappa shape index (κ3) is 8.39. The Morgan fingerprint density at radius 2 is 1.82 bits per heavy atom. The number of nitrogens with zero attached hydrogens (tertiary/aromatic N) is 1. The molecule has 2 N–H and O–H groups in total. The lowest BCUT2D eigenvalue weighted by Gasteiger charge is -2.40. The lowest BCUT2D eigenvalue weighted by atomic mass is 9.66. The van der Waals surface area contributed by atoms with Gasteiger partial charge in [0.15, 0.2) is 0 Å². The van der Waals surface area contributed by atoms with Crippen molar-refractivity contribution in [1.82, 2.24) is 4.90 Å². The van der Waals surface area contributed by atoms with Crippen LogP contribution < -0.4 is 5.73 Å². The van der Waals surface area contributed by atoms with Crippen molar-refractivity contribution in [3.8, 4) is 0 Å². The SMILES string of the molecule is C=CCCC1OC(CC2=C(C)C(/C=C\CC)C(C)C3=C[C@H](CN(/C(CC)=C(/C)N)/C(C)=C/C(C)CC=C)CC=C32)[C@@H](C)[C@H]1C. The number of fused-ring (bicyclic) bond motifs is 1. The highest BCUT2D eigenvalue weighted by molar-refractivity contribution is 5.56. The lowest BCUT2D eigenvalue weighted by Crippen LogP contribution is -2.32. The van der Waals surface area contributed by atoms with E-state index in [2.05, 4.69) is 104 Å². The van der Waals surface area contributed by atoms with Crippen LogP contribution in [-0.2, 0) is 4.74 Å². The Balaban J connectivity index is 1.97. The molecule has 2 aliphatic carbocycles. The van der Waals surface area contributed by atoms with E-state index in [1.165, 1.54) is 33.7 Å². The van der Waals surface area contributed by atoms with E-state index in [4.69, 9.17) is 10.5 Å². The fourth-order valence-electron chi connectivity index (χ4n) is 7.88. The van der Waals surface area contributed by atoms with Gasteiger partial charge < -0.3 is 15.4 Å². The Labute approximate surface area is 271 Å². The molecule has 1 fully saturated rings. The Morgan fingerprint density at radius 1 is 1.11 bits per heavy atom. The minimum absolute atomic E-state index is 0.263. The summed E-state index contributed by atoms with van der Waals surface area (Å²) in [6.45, 7) is 29.5. The highest BCUT2D eigenvalue weighted by Crippen LogP contribution is 2.49. The normalized spacial score (nSPS) is 30.5. The zero-order chi connectivity index (χ0) is 32.6. The molecule has 8 atom stereocenters. The molecule has 44 heavy (non-hydrogen) atoms. The van der Waals surface area contributed by atoms with Crippen molar-refractivity contribution in [2.24, 2.45) is 41.2 Å². The van der Waals surface area contributed by atoms with Gasteiger partial charge in [0.25, 0.3) is 0 Å². The Bertz CT molecular complexity index is 1190. The molecular weight excluding hydrogens is 536 g/mol. The van der Waals surface area contributed by atoms with Gasteiger partial charge in [0.05, 0.1) is 12.2 Å².